The van der Waals surface area contributed by atoms with Gasteiger partial charge in [-0.05, 0) is 24.6 Å². The molecule has 1 saturated heterocycles. The molecule has 0 spiro atoms. The first-order chi connectivity index (χ1) is 9.10. The van der Waals surface area contributed by atoms with E-state index in [1.807, 2.05) is 25.1 Å². The van der Waals surface area contributed by atoms with E-state index in [0.717, 1.165) is 26.2 Å². The Hall–Kier alpha value is -0.810. The number of hydrogen-bond acceptors (Lipinski definition) is 4. The van der Waals surface area contributed by atoms with E-state index in [1.165, 1.54) is 5.56 Å². The molecule has 0 saturated carbocycles. The van der Waals surface area contributed by atoms with Crippen molar-refractivity contribution in [3.05, 3.63) is 28.8 Å². The Morgan fingerprint density at radius 3 is 3.00 bits per heavy atom. The Bertz CT molecular complexity index is 426. The smallest absolute Gasteiger partial charge is 0.137 e. The fraction of sp³-hybridized carbons (Fsp3) is 0.571. The van der Waals surface area contributed by atoms with E-state index in [1.54, 1.807) is 7.11 Å². The van der Waals surface area contributed by atoms with Crippen LogP contribution < -0.4 is 10.5 Å². The summed E-state index contributed by atoms with van der Waals surface area (Å²) in [6.45, 7) is 5.36. The molecular formula is C14H21ClN2O2. The van der Waals surface area contributed by atoms with Gasteiger partial charge in [0.15, 0.2) is 0 Å². The lowest BCUT2D eigenvalue weighted by molar-refractivity contribution is -0.0403. The van der Waals surface area contributed by atoms with E-state index in [2.05, 4.69) is 4.90 Å². The van der Waals surface area contributed by atoms with Gasteiger partial charge in [-0.3, -0.25) is 4.90 Å². The maximum absolute atomic E-state index is 6.14. The van der Waals surface area contributed by atoms with Gasteiger partial charge in [-0.2, -0.15) is 0 Å². The summed E-state index contributed by atoms with van der Waals surface area (Å²) in [4.78, 5) is 2.34. The van der Waals surface area contributed by atoms with Crippen molar-refractivity contribution in [1.29, 1.82) is 0 Å². The zero-order valence-electron chi connectivity index (χ0n) is 11.4. The Labute approximate surface area is 119 Å². The summed E-state index contributed by atoms with van der Waals surface area (Å²) in [6, 6.07) is 5.96. The van der Waals surface area contributed by atoms with Gasteiger partial charge in [0.2, 0.25) is 0 Å². The van der Waals surface area contributed by atoms with E-state index in [0.29, 0.717) is 10.8 Å². The summed E-state index contributed by atoms with van der Waals surface area (Å²) < 4.78 is 10.8. The quantitative estimate of drug-likeness (QED) is 0.917. The normalized spacial score (nSPS) is 22.2. The van der Waals surface area contributed by atoms with Gasteiger partial charge in [0.25, 0.3) is 0 Å². The zero-order chi connectivity index (χ0) is 13.8. The second kappa shape index (κ2) is 6.57. The molecule has 2 N–H and O–H groups in total. The topological polar surface area (TPSA) is 47.7 Å². The molecular weight excluding hydrogens is 264 g/mol. The fourth-order valence-electron chi connectivity index (χ4n) is 2.26. The molecule has 5 heteroatoms. The molecule has 0 amide bonds. The summed E-state index contributed by atoms with van der Waals surface area (Å²) in [5.74, 6) is 0.709. The number of nitrogens with two attached hydrogens (primary N) is 1. The molecule has 0 aliphatic carbocycles. The fourth-order valence-corrected chi connectivity index (χ4v) is 2.54. The first kappa shape index (κ1) is 14.6. The summed E-state index contributed by atoms with van der Waals surface area (Å²) in [5.41, 5.74) is 7.07. The van der Waals surface area contributed by atoms with Crippen molar-refractivity contribution in [3.8, 4) is 5.75 Å². The summed E-state index contributed by atoms with van der Waals surface area (Å²) in [6.07, 6.45) is 0.113. The van der Waals surface area contributed by atoms with Crippen LogP contribution in [0.15, 0.2) is 18.2 Å². The molecule has 1 heterocycles. The van der Waals surface area contributed by atoms with E-state index in [4.69, 9.17) is 26.8 Å². The minimum atomic E-state index is 0.0576. The highest BCUT2D eigenvalue weighted by molar-refractivity contribution is 6.32. The molecule has 0 aromatic heterocycles. The second-order valence-corrected chi connectivity index (χ2v) is 5.38. The predicted octanol–water partition coefficient (Wildman–Crippen LogP) is 1.90. The Morgan fingerprint density at radius 1 is 1.58 bits per heavy atom. The van der Waals surface area contributed by atoms with Crippen molar-refractivity contribution in [2.75, 3.05) is 26.8 Å². The first-order valence-electron chi connectivity index (χ1n) is 6.52. The molecule has 2 rings (SSSR count). The largest absolute Gasteiger partial charge is 0.495 e. The van der Waals surface area contributed by atoms with E-state index in [-0.39, 0.29) is 12.1 Å². The summed E-state index contributed by atoms with van der Waals surface area (Å²) in [5, 5.41) is 0.650. The van der Waals surface area contributed by atoms with Crippen molar-refractivity contribution in [1.82, 2.24) is 4.90 Å². The van der Waals surface area contributed by atoms with Gasteiger partial charge in [-0.1, -0.05) is 17.7 Å². The van der Waals surface area contributed by atoms with Crippen molar-refractivity contribution < 1.29 is 9.47 Å². The average Bonchev–Trinajstić information content (AvgIpc) is 2.39. The molecule has 2 atom stereocenters. The van der Waals surface area contributed by atoms with E-state index >= 15 is 0 Å². The molecule has 1 aliphatic heterocycles. The van der Waals surface area contributed by atoms with Gasteiger partial charge in [0.05, 0.1) is 24.8 Å². The number of nitrogens with zero attached hydrogens (tertiary/aromatic N) is 1. The maximum atomic E-state index is 6.14. The maximum Gasteiger partial charge on any atom is 0.137 e. The second-order valence-electron chi connectivity index (χ2n) is 4.97. The van der Waals surface area contributed by atoms with Crippen molar-refractivity contribution in [2.45, 2.75) is 25.6 Å². The van der Waals surface area contributed by atoms with Crippen LogP contribution >= 0.6 is 11.6 Å². The van der Waals surface area contributed by atoms with Crippen molar-refractivity contribution in [2.24, 2.45) is 5.73 Å². The molecule has 2 unspecified atom stereocenters. The highest BCUT2D eigenvalue weighted by atomic mass is 35.5. The number of ether oxygens (including phenoxy) is 2. The Morgan fingerprint density at radius 2 is 2.37 bits per heavy atom. The summed E-state index contributed by atoms with van der Waals surface area (Å²) in [7, 11) is 1.62. The van der Waals surface area contributed by atoms with Crippen LogP contribution in [0.2, 0.25) is 5.02 Å². The lowest BCUT2D eigenvalue weighted by Crippen LogP contribution is -2.49. The number of rotatable bonds is 4. The van der Waals surface area contributed by atoms with Crippen LogP contribution in [0.3, 0.4) is 0 Å². The Kier molecular flexibility index (Phi) is 5.05. The third-order valence-corrected chi connectivity index (χ3v) is 3.68. The highest BCUT2D eigenvalue weighted by Gasteiger charge is 2.23. The number of benzene rings is 1. The van der Waals surface area contributed by atoms with Gasteiger partial charge in [0, 0.05) is 25.7 Å². The highest BCUT2D eigenvalue weighted by Crippen LogP contribution is 2.25. The number of halogens is 1. The van der Waals surface area contributed by atoms with E-state index in [9.17, 15) is 0 Å². The van der Waals surface area contributed by atoms with Crippen LogP contribution in [0.25, 0.3) is 0 Å². The molecule has 1 aromatic rings. The standard InChI is InChI=1S/C14H21ClN2O2/c1-10(16)14-9-17(5-6-19-14)8-11-3-4-13(18-2)12(15)7-11/h3-4,7,10,14H,5-6,8-9,16H2,1-2H3. The molecule has 19 heavy (non-hydrogen) atoms. The summed E-state index contributed by atoms with van der Waals surface area (Å²) >= 11 is 6.14. The van der Waals surface area contributed by atoms with E-state index < -0.39 is 0 Å². The molecule has 1 aliphatic rings. The van der Waals surface area contributed by atoms with Crippen LogP contribution in [0, 0.1) is 0 Å². The third-order valence-electron chi connectivity index (χ3n) is 3.39. The van der Waals surface area contributed by atoms with Gasteiger partial charge >= 0.3 is 0 Å². The third kappa shape index (κ3) is 3.83. The SMILES string of the molecule is COc1ccc(CN2CCOC(C(C)N)C2)cc1Cl. The van der Waals surface area contributed by atoms with Crippen LogP contribution in [-0.2, 0) is 11.3 Å². The predicted molar refractivity (Wildman–Crippen MR) is 76.7 cm³/mol. The van der Waals surface area contributed by atoms with Crippen molar-refractivity contribution in [3.63, 3.8) is 0 Å². The minimum absolute atomic E-state index is 0.0576. The van der Waals surface area contributed by atoms with Crippen LogP contribution in [0.5, 0.6) is 5.75 Å². The monoisotopic (exact) mass is 284 g/mol. The number of morpholine rings is 1. The molecule has 0 bridgehead atoms. The lowest BCUT2D eigenvalue weighted by Gasteiger charge is -2.34. The zero-order valence-corrected chi connectivity index (χ0v) is 12.2. The van der Waals surface area contributed by atoms with Gasteiger partial charge in [0.1, 0.15) is 5.75 Å². The molecule has 0 radical (unpaired) electrons. The van der Waals surface area contributed by atoms with Gasteiger partial charge in [-0.15, -0.1) is 0 Å². The van der Waals surface area contributed by atoms with Crippen molar-refractivity contribution >= 4 is 11.6 Å². The number of methoxy groups -OCH3 is 1. The molecule has 106 valence electrons. The average molecular weight is 285 g/mol. The van der Waals surface area contributed by atoms with Crippen LogP contribution in [0.4, 0.5) is 0 Å². The van der Waals surface area contributed by atoms with Gasteiger partial charge < -0.3 is 15.2 Å². The van der Waals surface area contributed by atoms with Crippen LogP contribution in [0.1, 0.15) is 12.5 Å². The van der Waals surface area contributed by atoms with Crippen LogP contribution in [-0.4, -0.2) is 43.9 Å². The number of hydrogen-bond donors (Lipinski definition) is 1. The van der Waals surface area contributed by atoms with Gasteiger partial charge in [-0.25, -0.2) is 0 Å². The molecule has 4 nitrogen and oxygen atoms in total. The Balaban J connectivity index is 1.98. The first-order valence-corrected chi connectivity index (χ1v) is 6.90. The lowest BCUT2D eigenvalue weighted by atomic mass is 10.1. The molecule has 1 aromatic carbocycles. The minimum Gasteiger partial charge on any atom is -0.495 e. The molecule has 1 fully saturated rings.